The molecule has 0 aliphatic rings. The third-order valence-electron chi connectivity index (χ3n) is 5.71. The first-order chi connectivity index (χ1) is 14.5. The van der Waals surface area contributed by atoms with Gasteiger partial charge in [0.1, 0.15) is 0 Å². The van der Waals surface area contributed by atoms with Gasteiger partial charge in [0, 0.05) is 24.2 Å². The normalized spacial score (nSPS) is 13.5. The van der Waals surface area contributed by atoms with Crippen LogP contribution in [0.1, 0.15) is 63.2 Å². The number of nitrogens with zero attached hydrogens (tertiary/aromatic N) is 5. The van der Waals surface area contributed by atoms with E-state index in [2.05, 4.69) is 73.0 Å². The van der Waals surface area contributed by atoms with Gasteiger partial charge in [-0.05, 0) is 85.7 Å². The molecule has 0 radical (unpaired) electrons. The topological polar surface area (TPSA) is 99.9 Å². The van der Waals surface area contributed by atoms with Crippen molar-refractivity contribution in [1.29, 1.82) is 0 Å². The molecule has 1 unspecified atom stereocenters. The van der Waals surface area contributed by atoms with Crippen LogP contribution in [-0.4, -0.2) is 48.3 Å². The summed E-state index contributed by atoms with van der Waals surface area (Å²) in [5.74, 6) is 0.905. The van der Waals surface area contributed by atoms with Gasteiger partial charge in [-0.15, -0.1) is 5.10 Å². The van der Waals surface area contributed by atoms with Crippen molar-refractivity contribution in [3.8, 4) is 0 Å². The number of aryl methyl sites for hydroxylation is 2. The summed E-state index contributed by atoms with van der Waals surface area (Å²) in [5, 5.41) is 23.3. The van der Waals surface area contributed by atoms with Crippen molar-refractivity contribution in [1.82, 2.24) is 30.1 Å². The van der Waals surface area contributed by atoms with Gasteiger partial charge >= 0.3 is 0 Å². The van der Waals surface area contributed by atoms with Gasteiger partial charge in [0.05, 0.1) is 18.2 Å². The van der Waals surface area contributed by atoms with E-state index in [1.807, 2.05) is 23.7 Å². The molecule has 0 saturated heterocycles. The van der Waals surface area contributed by atoms with E-state index in [4.69, 9.17) is 0 Å². The average molecular weight is 427 g/mol. The van der Waals surface area contributed by atoms with Crippen LogP contribution in [0.5, 0.6) is 0 Å². The van der Waals surface area contributed by atoms with Gasteiger partial charge in [0.15, 0.2) is 5.82 Å². The lowest BCUT2D eigenvalue weighted by molar-refractivity contribution is 0.101. The zero-order valence-corrected chi connectivity index (χ0v) is 19.6. The minimum absolute atomic E-state index is 0.0237. The molecule has 2 aromatic heterocycles. The third kappa shape index (κ3) is 4.85. The van der Waals surface area contributed by atoms with Gasteiger partial charge in [-0.1, -0.05) is 13.8 Å². The lowest BCUT2D eigenvalue weighted by Crippen LogP contribution is -2.39. The fourth-order valence-corrected chi connectivity index (χ4v) is 4.04. The second-order valence-electron chi connectivity index (χ2n) is 9.65. The molecule has 31 heavy (non-hydrogen) atoms. The lowest BCUT2D eigenvalue weighted by atomic mass is 9.99. The molecule has 0 bridgehead atoms. The van der Waals surface area contributed by atoms with Crippen molar-refractivity contribution in [2.75, 3.05) is 13.2 Å². The Morgan fingerprint density at radius 2 is 1.84 bits per heavy atom. The van der Waals surface area contributed by atoms with Crippen LogP contribution < -0.4 is 5.56 Å². The number of benzene rings is 1. The van der Waals surface area contributed by atoms with Gasteiger partial charge in [-0.3, -0.25) is 9.69 Å². The third-order valence-corrected chi connectivity index (χ3v) is 5.71. The highest BCUT2D eigenvalue weighted by atomic mass is 16.3. The minimum atomic E-state index is -0.285. The Hall–Kier alpha value is -2.58. The molecule has 168 valence electrons. The molecule has 1 atom stereocenters. The van der Waals surface area contributed by atoms with E-state index in [0.717, 1.165) is 22.3 Å². The fourth-order valence-electron chi connectivity index (χ4n) is 4.04. The van der Waals surface area contributed by atoms with Crippen LogP contribution in [0.3, 0.4) is 0 Å². The van der Waals surface area contributed by atoms with Gasteiger partial charge in [0.2, 0.25) is 0 Å². The second-order valence-corrected chi connectivity index (χ2v) is 9.65. The first-order valence-electron chi connectivity index (χ1n) is 10.8. The lowest BCUT2D eigenvalue weighted by Gasteiger charge is -2.34. The summed E-state index contributed by atoms with van der Waals surface area (Å²) in [5.41, 5.74) is 3.42. The number of aliphatic hydroxyl groups excluding tert-OH is 1. The maximum Gasteiger partial charge on any atom is 0.252 e. The second kappa shape index (κ2) is 8.88. The Balaban J connectivity index is 2.05. The Labute approximate surface area is 183 Å². The summed E-state index contributed by atoms with van der Waals surface area (Å²) >= 11 is 0. The van der Waals surface area contributed by atoms with Gasteiger partial charge in [0.25, 0.3) is 5.56 Å². The summed E-state index contributed by atoms with van der Waals surface area (Å²) in [6.07, 6.45) is 0. The molecule has 0 saturated carbocycles. The standard InChI is InChI=1S/C23H34N6O2/c1-14(2)20(21-25-26-27-29(21)23(5,6)7)28(8-9-30)13-18-12-17-10-15(3)16(4)11-19(17)24-22(18)31/h10-12,14,20,30H,8-9,13H2,1-7H3,(H,24,31). The Morgan fingerprint density at radius 3 is 2.45 bits per heavy atom. The van der Waals surface area contributed by atoms with Crippen LogP contribution in [0.25, 0.3) is 10.9 Å². The molecular weight excluding hydrogens is 392 g/mol. The molecule has 3 rings (SSSR count). The number of rotatable bonds is 7. The van der Waals surface area contributed by atoms with Crippen LogP contribution in [0, 0.1) is 19.8 Å². The van der Waals surface area contributed by atoms with E-state index in [0.29, 0.717) is 18.7 Å². The SMILES string of the molecule is Cc1cc2cc(CN(CCO)C(c3nnnn3C(C)(C)C)C(C)C)c(=O)[nH]c2cc1C. The first kappa shape index (κ1) is 23.1. The Kier molecular flexibility index (Phi) is 6.62. The van der Waals surface area contributed by atoms with E-state index < -0.39 is 0 Å². The molecule has 2 heterocycles. The van der Waals surface area contributed by atoms with Crippen molar-refractivity contribution in [3.63, 3.8) is 0 Å². The summed E-state index contributed by atoms with van der Waals surface area (Å²) in [6, 6.07) is 5.90. The summed E-state index contributed by atoms with van der Waals surface area (Å²) < 4.78 is 1.83. The average Bonchev–Trinajstić information content (AvgIpc) is 3.14. The van der Waals surface area contributed by atoms with Crippen molar-refractivity contribution in [2.45, 2.75) is 66.6 Å². The molecule has 0 amide bonds. The molecule has 0 aliphatic carbocycles. The van der Waals surface area contributed by atoms with Crippen molar-refractivity contribution in [3.05, 3.63) is 51.1 Å². The number of fused-ring (bicyclic) bond motifs is 1. The van der Waals surface area contributed by atoms with E-state index >= 15 is 0 Å². The molecule has 2 N–H and O–H groups in total. The smallest absolute Gasteiger partial charge is 0.252 e. The summed E-state index contributed by atoms with van der Waals surface area (Å²) in [6.45, 7) is 15.3. The number of tetrazole rings is 1. The van der Waals surface area contributed by atoms with E-state index in [1.54, 1.807) is 0 Å². The van der Waals surface area contributed by atoms with E-state index in [-0.39, 0.29) is 29.7 Å². The van der Waals surface area contributed by atoms with E-state index in [1.165, 1.54) is 5.56 Å². The number of hydrogen-bond acceptors (Lipinski definition) is 6. The minimum Gasteiger partial charge on any atom is -0.395 e. The van der Waals surface area contributed by atoms with Crippen molar-refractivity contribution >= 4 is 10.9 Å². The zero-order valence-electron chi connectivity index (χ0n) is 19.6. The number of pyridine rings is 1. The molecule has 1 aromatic carbocycles. The monoisotopic (exact) mass is 426 g/mol. The number of aromatic amines is 1. The Morgan fingerprint density at radius 1 is 1.16 bits per heavy atom. The number of aromatic nitrogens is 5. The quantitative estimate of drug-likeness (QED) is 0.602. The highest BCUT2D eigenvalue weighted by Crippen LogP contribution is 2.30. The van der Waals surface area contributed by atoms with Crippen molar-refractivity contribution in [2.24, 2.45) is 5.92 Å². The Bertz CT molecular complexity index is 1110. The fraction of sp³-hybridized carbons (Fsp3) is 0.565. The highest BCUT2D eigenvalue weighted by Gasteiger charge is 2.32. The molecule has 0 aliphatic heterocycles. The van der Waals surface area contributed by atoms with Gasteiger partial charge < -0.3 is 10.1 Å². The predicted molar refractivity (Wildman–Crippen MR) is 122 cm³/mol. The van der Waals surface area contributed by atoms with Crippen LogP contribution in [0.4, 0.5) is 0 Å². The number of nitrogens with one attached hydrogen (secondary N) is 1. The first-order valence-corrected chi connectivity index (χ1v) is 10.8. The summed E-state index contributed by atoms with van der Waals surface area (Å²) in [7, 11) is 0. The zero-order chi connectivity index (χ0) is 22.9. The number of hydrogen-bond donors (Lipinski definition) is 2. The molecule has 0 fully saturated rings. The van der Waals surface area contributed by atoms with Crippen molar-refractivity contribution < 1.29 is 5.11 Å². The van der Waals surface area contributed by atoms with Gasteiger partial charge in [-0.2, -0.15) is 0 Å². The highest BCUT2D eigenvalue weighted by molar-refractivity contribution is 5.80. The number of aliphatic hydroxyl groups is 1. The van der Waals surface area contributed by atoms with E-state index in [9.17, 15) is 9.90 Å². The van der Waals surface area contributed by atoms with Crippen LogP contribution >= 0.6 is 0 Å². The van der Waals surface area contributed by atoms with Crippen LogP contribution in [-0.2, 0) is 12.1 Å². The van der Waals surface area contributed by atoms with Crippen LogP contribution in [0.2, 0.25) is 0 Å². The van der Waals surface area contributed by atoms with Gasteiger partial charge in [-0.25, -0.2) is 4.68 Å². The summed E-state index contributed by atoms with van der Waals surface area (Å²) in [4.78, 5) is 18.0. The predicted octanol–water partition coefficient (Wildman–Crippen LogP) is 3.08. The molecule has 8 nitrogen and oxygen atoms in total. The van der Waals surface area contributed by atoms with Crippen LogP contribution in [0.15, 0.2) is 23.0 Å². The number of H-pyrrole nitrogens is 1. The molecule has 0 spiro atoms. The molecule has 3 aromatic rings. The maximum atomic E-state index is 12.9. The molecular formula is C23H34N6O2. The maximum absolute atomic E-state index is 12.9. The largest absolute Gasteiger partial charge is 0.395 e. The molecule has 8 heteroatoms.